The summed E-state index contributed by atoms with van der Waals surface area (Å²) < 4.78 is 0. The van der Waals surface area contributed by atoms with E-state index in [0.29, 0.717) is 18.1 Å². The molecule has 1 rings (SSSR count). The van der Waals surface area contributed by atoms with E-state index in [1.165, 1.54) is 6.92 Å². The zero-order valence-electron chi connectivity index (χ0n) is 7.95. The minimum Gasteiger partial charge on any atom is -0.395 e. The molecule has 0 fully saturated rings. The van der Waals surface area contributed by atoms with Crippen LogP contribution in [0.5, 0.6) is 0 Å². The van der Waals surface area contributed by atoms with E-state index in [9.17, 15) is 4.79 Å². The lowest BCUT2D eigenvalue weighted by atomic mass is 10.4. The maximum Gasteiger partial charge on any atom is 0.221 e. The van der Waals surface area contributed by atoms with Crippen molar-refractivity contribution in [3.05, 3.63) is 18.3 Å². The first-order chi connectivity index (χ1) is 6.72. The molecule has 0 aliphatic rings. The van der Waals surface area contributed by atoms with Gasteiger partial charge in [0, 0.05) is 13.5 Å². The van der Waals surface area contributed by atoms with Crippen LogP contribution < -0.4 is 10.6 Å². The summed E-state index contributed by atoms with van der Waals surface area (Å²) in [5, 5.41) is 14.1. The van der Waals surface area contributed by atoms with E-state index in [4.69, 9.17) is 5.11 Å². The Morgan fingerprint density at radius 2 is 2.36 bits per heavy atom. The summed E-state index contributed by atoms with van der Waals surface area (Å²) >= 11 is 0. The molecular weight excluding hydrogens is 182 g/mol. The van der Waals surface area contributed by atoms with Crippen molar-refractivity contribution >= 4 is 17.4 Å². The molecule has 5 heteroatoms. The van der Waals surface area contributed by atoms with Crippen molar-refractivity contribution in [2.24, 2.45) is 0 Å². The van der Waals surface area contributed by atoms with Gasteiger partial charge in [0.25, 0.3) is 0 Å². The molecule has 0 radical (unpaired) electrons. The minimum absolute atomic E-state index is 0.0646. The molecule has 1 heterocycles. The minimum atomic E-state index is -0.122. The van der Waals surface area contributed by atoms with Crippen LogP contribution in [0.1, 0.15) is 6.92 Å². The Morgan fingerprint density at radius 1 is 1.57 bits per heavy atom. The highest BCUT2D eigenvalue weighted by Crippen LogP contribution is 2.08. The Kier molecular flexibility index (Phi) is 3.87. The van der Waals surface area contributed by atoms with Gasteiger partial charge in [-0.05, 0) is 12.1 Å². The molecule has 1 aromatic heterocycles. The molecule has 0 unspecified atom stereocenters. The van der Waals surface area contributed by atoms with Crippen LogP contribution in [0.25, 0.3) is 0 Å². The van der Waals surface area contributed by atoms with Crippen LogP contribution in [0.4, 0.5) is 11.5 Å². The highest BCUT2D eigenvalue weighted by Gasteiger charge is 1.96. The third-order valence-electron chi connectivity index (χ3n) is 1.50. The van der Waals surface area contributed by atoms with Gasteiger partial charge in [-0.1, -0.05) is 0 Å². The number of aliphatic hydroxyl groups is 1. The van der Waals surface area contributed by atoms with Crippen molar-refractivity contribution < 1.29 is 9.90 Å². The van der Waals surface area contributed by atoms with E-state index >= 15 is 0 Å². The number of aromatic nitrogens is 1. The number of hydrogen-bond donors (Lipinski definition) is 3. The molecule has 76 valence electrons. The fourth-order valence-corrected chi connectivity index (χ4v) is 0.960. The topological polar surface area (TPSA) is 74.2 Å². The molecule has 1 aromatic rings. The van der Waals surface area contributed by atoms with Crippen LogP contribution in [0, 0.1) is 0 Å². The first-order valence-electron chi connectivity index (χ1n) is 4.31. The average molecular weight is 195 g/mol. The molecule has 0 spiro atoms. The Morgan fingerprint density at radius 3 is 2.86 bits per heavy atom. The molecule has 0 saturated carbocycles. The van der Waals surface area contributed by atoms with E-state index in [-0.39, 0.29) is 12.5 Å². The molecule has 1 amide bonds. The van der Waals surface area contributed by atoms with Gasteiger partial charge in [0.05, 0.1) is 18.5 Å². The SMILES string of the molecule is CC(=O)Nc1ccc(NCCO)nc1. The third kappa shape index (κ3) is 3.40. The standard InChI is InChI=1S/C9H13N3O2/c1-7(14)12-8-2-3-9(11-6-8)10-4-5-13/h2-3,6,13H,4-5H2,1H3,(H,10,11)(H,12,14). The molecular formula is C9H13N3O2. The monoisotopic (exact) mass is 195 g/mol. The van der Waals surface area contributed by atoms with Crippen molar-refractivity contribution in [2.45, 2.75) is 6.92 Å². The normalized spacial score (nSPS) is 9.57. The van der Waals surface area contributed by atoms with Gasteiger partial charge < -0.3 is 15.7 Å². The van der Waals surface area contributed by atoms with Crippen LogP contribution in [0.15, 0.2) is 18.3 Å². The van der Waals surface area contributed by atoms with Gasteiger partial charge in [0.15, 0.2) is 0 Å². The number of nitrogens with zero attached hydrogens (tertiary/aromatic N) is 1. The van der Waals surface area contributed by atoms with Gasteiger partial charge in [-0.25, -0.2) is 4.98 Å². The van der Waals surface area contributed by atoms with Crippen LogP contribution in [0.3, 0.4) is 0 Å². The van der Waals surface area contributed by atoms with E-state index in [1.807, 2.05) is 0 Å². The second-order valence-electron chi connectivity index (χ2n) is 2.76. The second kappa shape index (κ2) is 5.18. The van der Waals surface area contributed by atoms with Gasteiger partial charge in [-0.15, -0.1) is 0 Å². The first kappa shape index (κ1) is 10.5. The van der Waals surface area contributed by atoms with E-state index in [2.05, 4.69) is 15.6 Å². The quantitative estimate of drug-likeness (QED) is 0.652. The van der Waals surface area contributed by atoms with E-state index in [0.717, 1.165) is 0 Å². The van der Waals surface area contributed by atoms with Crippen molar-refractivity contribution in [1.82, 2.24) is 4.98 Å². The van der Waals surface area contributed by atoms with Gasteiger partial charge in [-0.2, -0.15) is 0 Å². The number of carbonyl (C=O) groups is 1. The summed E-state index contributed by atoms with van der Waals surface area (Å²) in [5.41, 5.74) is 0.659. The molecule has 0 bridgehead atoms. The lowest BCUT2D eigenvalue weighted by Gasteiger charge is -2.04. The van der Waals surface area contributed by atoms with Crippen molar-refractivity contribution in [1.29, 1.82) is 0 Å². The molecule has 3 N–H and O–H groups in total. The number of aliphatic hydroxyl groups excluding tert-OH is 1. The Bertz CT molecular complexity index is 297. The summed E-state index contributed by atoms with van der Waals surface area (Å²) in [7, 11) is 0. The Balaban J connectivity index is 2.54. The number of carbonyl (C=O) groups excluding carboxylic acids is 1. The summed E-state index contributed by atoms with van der Waals surface area (Å²) in [6, 6.07) is 3.48. The summed E-state index contributed by atoms with van der Waals surface area (Å²) in [6.45, 7) is 1.97. The largest absolute Gasteiger partial charge is 0.395 e. The molecule has 0 atom stereocenters. The number of anilines is 2. The summed E-state index contributed by atoms with van der Waals surface area (Å²) in [5.74, 6) is 0.552. The average Bonchev–Trinajstić information content (AvgIpc) is 2.16. The number of rotatable bonds is 4. The summed E-state index contributed by atoms with van der Waals surface area (Å²) in [4.78, 5) is 14.7. The predicted molar refractivity (Wildman–Crippen MR) is 54.1 cm³/mol. The van der Waals surface area contributed by atoms with Gasteiger partial charge in [-0.3, -0.25) is 4.79 Å². The summed E-state index contributed by atoms with van der Waals surface area (Å²) in [6.07, 6.45) is 1.56. The van der Waals surface area contributed by atoms with E-state index < -0.39 is 0 Å². The molecule has 0 aliphatic heterocycles. The van der Waals surface area contributed by atoms with Crippen LogP contribution in [-0.2, 0) is 4.79 Å². The lowest BCUT2D eigenvalue weighted by molar-refractivity contribution is -0.114. The fourth-order valence-electron chi connectivity index (χ4n) is 0.960. The highest BCUT2D eigenvalue weighted by molar-refractivity contribution is 5.88. The maximum absolute atomic E-state index is 10.7. The fraction of sp³-hybridized carbons (Fsp3) is 0.333. The highest BCUT2D eigenvalue weighted by atomic mass is 16.3. The molecule has 14 heavy (non-hydrogen) atoms. The number of nitrogens with one attached hydrogen (secondary N) is 2. The van der Waals surface area contributed by atoms with Crippen molar-refractivity contribution in [3.63, 3.8) is 0 Å². The van der Waals surface area contributed by atoms with Crippen molar-refractivity contribution in [2.75, 3.05) is 23.8 Å². The smallest absolute Gasteiger partial charge is 0.221 e. The second-order valence-corrected chi connectivity index (χ2v) is 2.76. The van der Waals surface area contributed by atoms with Gasteiger partial charge >= 0.3 is 0 Å². The van der Waals surface area contributed by atoms with Crippen LogP contribution >= 0.6 is 0 Å². The van der Waals surface area contributed by atoms with Crippen LogP contribution in [-0.4, -0.2) is 29.1 Å². The zero-order valence-corrected chi connectivity index (χ0v) is 7.95. The van der Waals surface area contributed by atoms with Crippen molar-refractivity contribution in [3.8, 4) is 0 Å². The number of hydrogen-bond acceptors (Lipinski definition) is 4. The molecule has 0 aromatic carbocycles. The molecule has 0 aliphatic carbocycles. The zero-order chi connectivity index (χ0) is 10.4. The van der Waals surface area contributed by atoms with Gasteiger partial charge in [0.2, 0.25) is 5.91 Å². The van der Waals surface area contributed by atoms with Gasteiger partial charge in [0.1, 0.15) is 5.82 Å². The molecule has 0 saturated heterocycles. The predicted octanol–water partition coefficient (Wildman–Crippen LogP) is 0.444. The Labute approximate surface area is 82.2 Å². The first-order valence-corrected chi connectivity index (χ1v) is 4.31. The lowest BCUT2D eigenvalue weighted by Crippen LogP contribution is -2.08. The number of amides is 1. The maximum atomic E-state index is 10.7. The Hall–Kier alpha value is -1.62. The third-order valence-corrected chi connectivity index (χ3v) is 1.50. The van der Waals surface area contributed by atoms with Crippen LogP contribution in [0.2, 0.25) is 0 Å². The number of pyridine rings is 1. The molecule has 5 nitrogen and oxygen atoms in total. The van der Waals surface area contributed by atoms with E-state index in [1.54, 1.807) is 18.3 Å².